The number of benzene rings is 3. The topological polar surface area (TPSA) is 58.5 Å². The van der Waals surface area contributed by atoms with Crippen molar-refractivity contribution in [3.63, 3.8) is 0 Å². The van der Waals surface area contributed by atoms with Gasteiger partial charge in [-0.15, -0.1) is 6.01 Å². The molecule has 164 valence electrons. The molecule has 0 saturated carbocycles. The molecule has 3 aromatic carbocycles. The second-order valence-corrected chi connectivity index (χ2v) is 11.2. The first kappa shape index (κ1) is 25.2. The fourth-order valence-electron chi connectivity index (χ4n) is 4.03. The number of nitrogens with zero attached hydrogens (tertiary/aromatic N) is 3. The van der Waals surface area contributed by atoms with Gasteiger partial charge in [0.15, 0.2) is 0 Å². The van der Waals surface area contributed by atoms with Crippen LogP contribution in [0.15, 0.2) is 96.0 Å². The van der Waals surface area contributed by atoms with Crippen LogP contribution in [0.1, 0.15) is 45.4 Å². The van der Waals surface area contributed by atoms with Crippen LogP contribution in [-0.4, -0.2) is 12.2 Å². The second-order valence-electron chi connectivity index (χ2n) is 7.62. The molecule has 0 aliphatic carbocycles. The second kappa shape index (κ2) is 14.9. The van der Waals surface area contributed by atoms with Gasteiger partial charge in [-0.05, 0) is 49.2 Å². The van der Waals surface area contributed by atoms with Crippen molar-refractivity contribution in [1.82, 2.24) is 0 Å². The van der Waals surface area contributed by atoms with Gasteiger partial charge in [0.05, 0.1) is 12.4 Å². The molecule has 0 heterocycles. The Labute approximate surface area is 193 Å². The standard InChI is InChI=1S/C26H32P.C2N3/c1-2-3-4-5-6-16-23-27(24-17-10-7-11-18-24,25-19-12-8-13-20-25)26-21-14-9-15-22-26;3-1-5-2-4/h7-15,17-22H,2-6,16,23H2,1H3;/q+1;-1. The number of rotatable bonds is 10. The van der Waals surface area contributed by atoms with Crippen molar-refractivity contribution in [3.8, 4) is 6.19 Å². The third-order valence-electron chi connectivity index (χ3n) is 5.54. The van der Waals surface area contributed by atoms with Gasteiger partial charge in [0.2, 0.25) is 0 Å². The van der Waals surface area contributed by atoms with E-state index < -0.39 is 7.26 Å². The number of aliphatic imine (C=N–C) groups is 1. The normalized spacial score (nSPS) is 10.2. The van der Waals surface area contributed by atoms with Gasteiger partial charge in [0.1, 0.15) is 23.2 Å². The molecule has 0 radical (unpaired) electrons. The lowest BCUT2D eigenvalue weighted by Gasteiger charge is -2.27. The predicted octanol–water partition coefficient (Wildman–Crippen LogP) is 6.55. The number of nitriles is 1. The molecule has 0 aliphatic rings. The Bertz CT molecular complexity index is 879. The SMILES string of the molecule is CCCCCCCC[P+](c1ccccc1)(c1ccccc1)c1ccccc1.N#CN=C=[N-]. The average molecular weight is 442 g/mol. The van der Waals surface area contributed by atoms with Gasteiger partial charge >= 0.3 is 0 Å². The number of hydrogen-bond acceptors (Lipinski definition) is 2. The van der Waals surface area contributed by atoms with E-state index in [1.54, 1.807) is 0 Å². The fraction of sp³-hybridized carbons (Fsp3) is 0.286. The van der Waals surface area contributed by atoms with Crippen LogP contribution in [0.25, 0.3) is 5.41 Å². The molecule has 0 saturated heterocycles. The van der Waals surface area contributed by atoms with Crippen molar-refractivity contribution < 1.29 is 0 Å². The molecular weight excluding hydrogens is 409 g/mol. The van der Waals surface area contributed by atoms with Crippen LogP contribution in [0, 0.1) is 11.5 Å². The Balaban J connectivity index is 0.000000654. The smallest absolute Gasteiger partial charge is 0.112 e. The molecule has 0 amide bonds. The van der Waals surface area contributed by atoms with Gasteiger partial charge < -0.3 is 10.4 Å². The summed E-state index contributed by atoms with van der Waals surface area (Å²) in [5.41, 5.74) is 0. The Morgan fingerprint density at radius 2 is 1.09 bits per heavy atom. The van der Waals surface area contributed by atoms with E-state index in [4.69, 9.17) is 10.7 Å². The average Bonchev–Trinajstić information content (AvgIpc) is 2.86. The van der Waals surface area contributed by atoms with Crippen LogP contribution in [0.5, 0.6) is 0 Å². The third kappa shape index (κ3) is 7.28. The van der Waals surface area contributed by atoms with Gasteiger partial charge in [0, 0.05) is 0 Å². The Hall–Kier alpha value is -3.04. The highest BCUT2D eigenvalue weighted by atomic mass is 31.2. The summed E-state index contributed by atoms with van der Waals surface area (Å²) < 4.78 is 0. The van der Waals surface area contributed by atoms with E-state index in [0.29, 0.717) is 0 Å². The molecule has 3 rings (SSSR count). The van der Waals surface area contributed by atoms with Crippen molar-refractivity contribution >= 4 is 29.2 Å². The summed E-state index contributed by atoms with van der Waals surface area (Å²) in [4.78, 5) is 2.58. The van der Waals surface area contributed by atoms with Crippen LogP contribution >= 0.6 is 7.26 Å². The minimum absolute atomic E-state index is 1.26. The maximum atomic E-state index is 7.43. The van der Waals surface area contributed by atoms with Gasteiger partial charge in [0.25, 0.3) is 0 Å². The van der Waals surface area contributed by atoms with Crippen LogP contribution in [-0.2, 0) is 0 Å². The van der Waals surface area contributed by atoms with Crippen LogP contribution < -0.4 is 15.9 Å². The highest BCUT2D eigenvalue weighted by molar-refractivity contribution is 7.95. The predicted molar refractivity (Wildman–Crippen MR) is 140 cm³/mol. The maximum absolute atomic E-state index is 7.43. The molecule has 32 heavy (non-hydrogen) atoms. The van der Waals surface area contributed by atoms with Gasteiger partial charge in [-0.2, -0.15) is 5.26 Å². The summed E-state index contributed by atoms with van der Waals surface area (Å²) in [6.07, 6.45) is 10.6. The highest BCUT2D eigenvalue weighted by Crippen LogP contribution is 2.55. The highest BCUT2D eigenvalue weighted by Gasteiger charge is 2.44. The minimum Gasteiger partial charge on any atom is -0.422 e. The first-order chi connectivity index (χ1) is 15.8. The summed E-state index contributed by atoms with van der Waals surface area (Å²) in [5, 5.41) is 19.4. The van der Waals surface area contributed by atoms with Crippen molar-refractivity contribution in [2.45, 2.75) is 45.4 Å². The molecule has 0 N–H and O–H groups in total. The molecule has 0 aromatic heterocycles. The van der Waals surface area contributed by atoms with Gasteiger partial charge in [-0.3, -0.25) is 0 Å². The molecular formula is C28H32N3P. The summed E-state index contributed by atoms with van der Waals surface area (Å²) >= 11 is 0. The molecule has 4 heteroatoms. The van der Waals surface area contributed by atoms with Crippen LogP contribution in [0.2, 0.25) is 0 Å². The zero-order chi connectivity index (χ0) is 22.9. The molecule has 3 aromatic rings. The molecule has 0 atom stereocenters. The summed E-state index contributed by atoms with van der Waals surface area (Å²) in [7, 11) is -1.61. The van der Waals surface area contributed by atoms with E-state index in [2.05, 4.69) is 103 Å². The molecule has 0 bridgehead atoms. The largest absolute Gasteiger partial charge is 0.422 e. The van der Waals surface area contributed by atoms with Gasteiger partial charge in [-0.1, -0.05) is 87.2 Å². The Morgan fingerprint density at radius 1 is 0.688 bits per heavy atom. The van der Waals surface area contributed by atoms with Crippen LogP contribution in [0.4, 0.5) is 0 Å². The molecule has 0 unspecified atom stereocenters. The number of hydrogen-bond donors (Lipinski definition) is 0. The zero-order valence-corrected chi connectivity index (χ0v) is 19.8. The first-order valence-corrected chi connectivity index (χ1v) is 13.3. The van der Waals surface area contributed by atoms with Crippen molar-refractivity contribution in [3.05, 3.63) is 96.4 Å². The quantitative estimate of drug-likeness (QED) is 0.152. The minimum atomic E-state index is -1.61. The van der Waals surface area contributed by atoms with E-state index in [1.807, 2.05) is 0 Å². The summed E-state index contributed by atoms with van der Waals surface area (Å²) in [6.45, 7) is 2.29. The van der Waals surface area contributed by atoms with Crippen molar-refractivity contribution in [2.75, 3.05) is 6.16 Å². The van der Waals surface area contributed by atoms with E-state index in [0.717, 1.165) is 0 Å². The Morgan fingerprint density at radius 3 is 1.44 bits per heavy atom. The lowest BCUT2D eigenvalue weighted by atomic mass is 10.1. The number of unbranched alkanes of at least 4 members (excludes halogenated alkanes) is 5. The fourth-order valence-corrected chi connectivity index (χ4v) is 8.44. The zero-order valence-electron chi connectivity index (χ0n) is 18.9. The van der Waals surface area contributed by atoms with E-state index in [-0.39, 0.29) is 0 Å². The summed E-state index contributed by atoms with van der Waals surface area (Å²) in [5.74, 6) is 0. The molecule has 0 spiro atoms. The van der Waals surface area contributed by atoms with E-state index >= 15 is 0 Å². The molecule has 3 nitrogen and oxygen atoms in total. The lowest BCUT2D eigenvalue weighted by Crippen LogP contribution is -2.33. The lowest BCUT2D eigenvalue weighted by molar-refractivity contribution is 0.626. The molecule has 0 fully saturated rings. The van der Waals surface area contributed by atoms with Crippen molar-refractivity contribution in [2.24, 2.45) is 4.99 Å². The maximum Gasteiger partial charge on any atom is 0.112 e. The van der Waals surface area contributed by atoms with Crippen LogP contribution in [0.3, 0.4) is 0 Å². The monoisotopic (exact) mass is 441 g/mol. The first-order valence-electron chi connectivity index (χ1n) is 11.3. The third-order valence-corrected chi connectivity index (χ3v) is 10.1. The molecule has 0 aliphatic heterocycles. The Kier molecular flexibility index (Phi) is 11.7. The van der Waals surface area contributed by atoms with E-state index in [1.165, 1.54) is 72.8 Å². The summed E-state index contributed by atoms with van der Waals surface area (Å²) in [6, 6.07) is 35.0. The van der Waals surface area contributed by atoms with Crippen molar-refractivity contribution in [1.29, 1.82) is 5.26 Å². The van der Waals surface area contributed by atoms with E-state index in [9.17, 15) is 0 Å². The van der Waals surface area contributed by atoms with Gasteiger partial charge in [-0.25, -0.2) is 0 Å².